The first-order valence-electron chi connectivity index (χ1n) is 14.9. The second kappa shape index (κ2) is 14.9. The Balaban J connectivity index is 1.65. The molecule has 2 atom stereocenters. The van der Waals surface area contributed by atoms with Crippen molar-refractivity contribution in [1.29, 1.82) is 0 Å². The smallest absolute Gasteiger partial charge is 0.249 e. The van der Waals surface area contributed by atoms with Gasteiger partial charge in [0.1, 0.15) is 13.2 Å². The van der Waals surface area contributed by atoms with Crippen LogP contribution in [0.15, 0.2) is 24.3 Å². The van der Waals surface area contributed by atoms with E-state index in [0.717, 1.165) is 22.3 Å². The lowest BCUT2D eigenvalue weighted by Gasteiger charge is -2.48. The molecule has 0 unspecified atom stereocenters. The molecule has 1 fully saturated rings. The average molecular weight is 615 g/mol. The number of carbonyl (C=O) groups excluding carboxylic acids is 2. The van der Waals surface area contributed by atoms with E-state index in [1.807, 2.05) is 34.1 Å². The first-order valence-corrected chi connectivity index (χ1v) is 14.9. The van der Waals surface area contributed by atoms with Gasteiger partial charge in [0, 0.05) is 13.1 Å². The maximum atomic E-state index is 13.9. The van der Waals surface area contributed by atoms with Crippen LogP contribution < -0.4 is 18.9 Å². The Morgan fingerprint density at radius 2 is 0.886 bits per heavy atom. The molecule has 0 radical (unpaired) electrons. The third-order valence-electron chi connectivity index (χ3n) is 8.35. The summed E-state index contributed by atoms with van der Waals surface area (Å²) < 4.78 is 45.3. The van der Waals surface area contributed by atoms with E-state index >= 15 is 0 Å². The Labute approximate surface area is 258 Å². The highest BCUT2D eigenvalue weighted by Crippen LogP contribution is 2.49. The molecule has 5 rings (SSSR count). The standard InChI is InChI=1S/C32H42N2O10/c1-37-25-15-21-5-7-33-29(35)19-43-13-11-41-9-10-42-12-14-44-20-30(36)34-8-6-22-16-26(38-2)28(40-4)18-24(22)32(34)31(33)23(21)17-27(25)39-3/h15-18,31-32H,5-14,19-20H2,1-4H3/t31-,32-/m0/s1. The average Bonchev–Trinajstić information content (AvgIpc) is 3.05. The van der Waals surface area contributed by atoms with E-state index in [2.05, 4.69) is 0 Å². The monoisotopic (exact) mass is 614 g/mol. The van der Waals surface area contributed by atoms with Crippen molar-refractivity contribution in [3.05, 3.63) is 46.5 Å². The number of hydrogen-bond acceptors (Lipinski definition) is 10. The topological polar surface area (TPSA) is 114 Å². The van der Waals surface area contributed by atoms with Crippen molar-refractivity contribution in [2.24, 2.45) is 0 Å². The SMILES string of the molecule is COc1cc2c(cc1OC)[C@H]1[C@@H]3c4cc(OC)c(OC)cc4CCN3C(=O)COCCOCCOCCOCC(=O)N1CC2. The quantitative estimate of drug-likeness (QED) is 0.509. The summed E-state index contributed by atoms with van der Waals surface area (Å²) in [6, 6.07) is 6.64. The van der Waals surface area contributed by atoms with Crippen LogP contribution in [-0.2, 0) is 41.4 Å². The van der Waals surface area contributed by atoms with Gasteiger partial charge in [-0.25, -0.2) is 0 Å². The van der Waals surface area contributed by atoms with Crippen LogP contribution in [0.4, 0.5) is 0 Å². The van der Waals surface area contributed by atoms with Crippen LogP contribution in [-0.4, -0.2) is 116 Å². The zero-order valence-electron chi connectivity index (χ0n) is 25.9. The number of ether oxygens (including phenoxy) is 8. The minimum Gasteiger partial charge on any atom is -0.493 e. The molecule has 3 aliphatic rings. The molecular weight excluding hydrogens is 572 g/mol. The van der Waals surface area contributed by atoms with Gasteiger partial charge in [-0.15, -0.1) is 0 Å². The van der Waals surface area contributed by atoms with E-state index in [-0.39, 0.29) is 38.2 Å². The predicted molar refractivity (Wildman–Crippen MR) is 159 cm³/mol. The van der Waals surface area contributed by atoms with Gasteiger partial charge in [-0.2, -0.15) is 0 Å². The van der Waals surface area contributed by atoms with E-state index in [1.54, 1.807) is 28.4 Å². The fourth-order valence-electron chi connectivity index (χ4n) is 6.24. The van der Waals surface area contributed by atoms with Crippen molar-refractivity contribution in [1.82, 2.24) is 9.80 Å². The zero-order chi connectivity index (χ0) is 31.1. The summed E-state index contributed by atoms with van der Waals surface area (Å²) >= 11 is 0. The molecule has 0 bridgehead atoms. The molecule has 2 aromatic rings. The molecule has 240 valence electrons. The molecule has 1 saturated heterocycles. The van der Waals surface area contributed by atoms with Crippen LogP contribution in [0.1, 0.15) is 34.3 Å². The summed E-state index contributed by atoms with van der Waals surface area (Å²) in [6.45, 7) is 2.63. The molecule has 0 N–H and O–H groups in total. The van der Waals surface area contributed by atoms with Crippen LogP contribution in [0.3, 0.4) is 0 Å². The van der Waals surface area contributed by atoms with Crippen molar-refractivity contribution >= 4 is 11.8 Å². The van der Waals surface area contributed by atoms with Gasteiger partial charge < -0.3 is 47.7 Å². The maximum Gasteiger partial charge on any atom is 0.249 e. The molecule has 0 spiro atoms. The number of carbonyl (C=O) groups is 2. The van der Waals surface area contributed by atoms with Crippen molar-refractivity contribution < 1.29 is 47.5 Å². The third-order valence-corrected chi connectivity index (χ3v) is 8.35. The Morgan fingerprint density at radius 3 is 1.25 bits per heavy atom. The molecule has 3 heterocycles. The Kier molecular flexibility index (Phi) is 10.8. The van der Waals surface area contributed by atoms with Crippen molar-refractivity contribution in [3.63, 3.8) is 0 Å². The molecule has 3 aliphatic heterocycles. The van der Waals surface area contributed by atoms with Gasteiger partial charge in [0.15, 0.2) is 23.0 Å². The normalized spacial score (nSPS) is 22.0. The van der Waals surface area contributed by atoms with Gasteiger partial charge in [0.2, 0.25) is 11.8 Å². The molecule has 2 amide bonds. The first-order chi connectivity index (χ1) is 21.5. The predicted octanol–water partition coefficient (Wildman–Crippen LogP) is 2.35. The summed E-state index contributed by atoms with van der Waals surface area (Å²) in [4.78, 5) is 31.5. The summed E-state index contributed by atoms with van der Waals surface area (Å²) in [5.74, 6) is 1.92. The van der Waals surface area contributed by atoms with Crippen molar-refractivity contribution in [2.45, 2.75) is 24.9 Å². The van der Waals surface area contributed by atoms with Gasteiger partial charge >= 0.3 is 0 Å². The van der Waals surface area contributed by atoms with Gasteiger partial charge in [0.05, 0.1) is 80.2 Å². The number of hydrogen-bond donors (Lipinski definition) is 0. The van der Waals surface area contributed by atoms with Gasteiger partial charge in [-0.05, 0) is 59.4 Å². The Hall–Kier alpha value is -3.58. The highest BCUT2D eigenvalue weighted by atomic mass is 16.6. The molecule has 2 aromatic carbocycles. The number of benzene rings is 2. The summed E-state index contributed by atoms with van der Waals surface area (Å²) in [5, 5.41) is 0. The fraction of sp³-hybridized carbons (Fsp3) is 0.562. The van der Waals surface area contributed by atoms with Crippen molar-refractivity contribution in [3.8, 4) is 23.0 Å². The number of fused-ring (bicyclic) bond motifs is 7. The lowest BCUT2D eigenvalue weighted by molar-refractivity contribution is -0.148. The summed E-state index contributed by atoms with van der Waals surface area (Å²) in [5.41, 5.74) is 3.78. The molecule has 0 saturated carbocycles. The van der Waals surface area contributed by atoms with E-state index in [9.17, 15) is 9.59 Å². The largest absolute Gasteiger partial charge is 0.493 e. The highest BCUT2D eigenvalue weighted by Gasteiger charge is 2.44. The first kappa shape index (κ1) is 31.8. The molecule has 44 heavy (non-hydrogen) atoms. The second-order valence-electron chi connectivity index (χ2n) is 10.7. The molecule has 0 aliphatic carbocycles. The molecule has 12 nitrogen and oxygen atoms in total. The van der Waals surface area contributed by atoms with E-state index < -0.39 is 12.1 Å². The molecule has 0 aromatic heterocycles. The summed E-state index contributed by atoms with van der Waals surface area (Å²) in [6.07, 6.45) is 1.20. The Bertz CT molecular complexity index is 1220. The number of rotatable bonds is 4. The van der Waals surface area contributed by atoms with Crippen LogP contribution >= 0.6 is 0 Å². The molecular formula is C32H42N2O10. The van der Waals surface area contributed by atoms with Crippen LogP contribution in [0, 0.1) is 0 Å². The zero-order valence-corrected chi connectivity index (χ0v) is 25.9. The number of nitrogens with zero attached hydrogens (tertiary/aromatic N) is 2. The van der Waals surface area contributed by atoms with E-state index in [0.29, 0.717) is 75.4 Å². The van der Waals surface area contributed by atoms with Crippen LogP contribution in [0.5, 0.6) is 23.0 Å². The van der Waals surface area contributed by atoms with Crippen molar-refractivity contribution in [2.75, 3.05) is 94.4 Å². The minimum atomic E-state index is -0.561. The van der Waals surface area contributed by atoms with Crippen LogP contribution in [0.25, 0.3) is 0 Å². The van der Waals surface area contributed by atoms with E-state index in [1.165, 1.54) is 0 Å². The lowest BCUT2D eigenvalue weighted by atomic mass is 9.80. The van der Waals surface area contributed by atoms with Gasteiger partial charge in [0.25, 0.3) is 0 Å². The van der Waals surface area contributed by atoms with Gasteiger partial charge in [-0.1, -0.05) is 0 Å². The highest BCUT2D eigenvalue weighted by molar-refractivity contribution is 5.81. The lowest BCUT2D eigenvalue weighted by Crippen LogP contribution is -2.52. The minimum absolute atomic E-state index is 0.123. The molecule has 12 heteroatoms. The second-order valence-corrected chi connectivity index (χ2v) is 10.7. The third kappa shape index (κ3) is 6.73. The van der Waals surface area contributed by atoms with Crippen LogP contribution in [0.2, 0.25) is 0 Å². The number of methoxy groups -OCH3 is 4. The van der Waals surface area contributed by atoms with Gasteiger partial charge in [-0.3, -0.25) is 9.59 Å². The summed E-state index contributed by atoms with van der Waals surface area (Å²) in [7, 11) is 6.37. The van der Waals surface area contributed by atoms with E-state index in [4.69, 9.17) is 37.9 Å². The number of amides is 2. The fourth-order valence-corrected chi connectivity index (χ4v) is 6.24. The maximum absolute atomic E-state index is 13.9. The Morgan fingerprint density at radius 1 is 0.545 bits per heavy atom.